The summed E-state index contributed by atoms with van der Waals surface area (Å²) >= 11 is 0. The zero-order valence-corrected chi connectivity index (χ0v) is 15.1. The van der Waals surface area contributed by atoms with Crippen molar-refractivity contribution in [2.24, 2.45) is 0 Å². The summed E-state index contributed by atoms with van der Waals surface area (Å²) in [7, 11) is 1.31. The third-order valence-electron chi connectivity index (χ3n) is 3.90. The van der Waals surface area contributed by atoms with Crippen LogP contribution in [0.4, 0.5) is 5.69 Å². The first-order chi connectivity index (χ1) is 12.3. The first kappa shape index (κ1) is 17.6. The van der Waals surface area contributed by atoms with Gasteiger partial charge in [-0.1, -0.05) is 26.8 Å². The monoisotopic (exact) mass is 352 g/mol. The molecule has 0 aliphatic carbocycles. The molecule has 134 valence electrons. The van der Waals surface area contributed by atoms with Gasteiger partial charge in [-0.25, -0.2) is 14.3 Å². The number of carbonyl (C=O) groups is 2. The van der Waals surface area contributed by atoms with E-state index in [0.717, 1.165) is 5.69 Å². The molecule has 0 aliphatic heterocycles. The molecule has 0 spiro atoms. The second kappa shape index (κ2) is 6.59. The number of benzene rings is 1. The maximum absolute atomic E-state index is 12.7. The summed E-state index contributed by atoms with van der Waals surface area (Å²) < 4.78 is 6.43. The Balaban J connectivity index is 1.95. The van der Waals surface area contributed by atoms with Gasteiger partial charge in [0.2, 0.25) is 0 Å². The van der Waals surface area contributed by atoms with E-state index in [-0.39, 0.29) is 17.0 Å². The Bertz CT molecular complexity index is 986. The van der Waals surface area contributed by atoms with Crippen molar-refractivity contribution in [2.75, 3.05) is 12.4 Å². The third kappa shape index (κ3) is 3.42. The number of methoxy groups -OCH3 is 1. The van der Waals surface area contributed by atoms with Gasteiger partial charge < -0.3 is 10.1 Å². The fourth-order valence-electron chi connectivity index (χ4n) is 2.60. The first-order valence-electron chi connectivity index (χ1n) is 8.14. The summed E-state index contributed by atoms with van der Waals surface area (Å²) in [6, 6.07) is 10.0. The molecule has 2 heterocycles. The molecule has 1 N–H and O–H groups in total. The molecule has 0 fully saturated rings. The Kier molecular flexibility index (Phi) is 4.46. The van der Waals surface area contributed by atoms with Crippen LogP contribution in [0, 0.1) is 0 Å². The van der Waals surface area contributed by atoms with Crippen LogP contribution >= 0.6 is 0 Å². The minimum absolute atomic E-state index is 0.215. The number of anilines is 1. The van der Waals surface area contributed by atoms with Crippen molar-refractivity contribution in [3.63, 3.8) is 0 Å². The molecule has 3 rings (SSSR count). The fraction of sp³-hybridized carbons (Fsp3) is 0.263. The normalized spacial score (nSPS) is 11.4. The van der Waals surface area contributed by atoms with Gasteiger partial charge in [0.25, 0.3) is 5.91 Å². The van der Waals surface area contributed by atoms with Gasteiger partial charge in [0.05, 0.1) is 24.6 Å². The number of fused-ring (bicyclic) bond motifs is 1. The van der Waals surface area contributed by atoms with Crippen LogP contribution in [0.15, 0.2) is 42.6 Å². The van der Waals surface area contributed by atoms with Gasteiger partial charge in [-0.2, -0.15) is 5.10 Å². The van der Waals surface area contributed by atoms with Crippen molar-refractivity contribution in [3.05, 3.63) is 59.5 Å². The van der Waals surface area contributed by atoms with E-state index >= 15 is 0 Å². The number of amides is 1. The highest BCUT2D eigenvalue weighted by Crippen LogP contribution is 2.23. The van der Waals surface area contributed by atoms with Crippen molar-refractivity contribution in [2.45, 2.75) is 26.2 Å². The lowest BCUT2D eigenvalue weighted by molar-refractivity contribution is 0.0600. The van der Waals surface area contributed by atoms with Crippen molar-refractivity contribution in [1.29, 1.82) is 0 Å². The van der Waals surface area contributed by atoms with Gasteiger partial charge in [0.1, 0.15) is 5.69 Å². The van der Waals surface area contributed by atoms with Crippen LogP contribution in [0.5, 0.6) is 0 Å². The number of carbonyl (C=O) groups excluding carboxylic acids is 2. The van der Waals surface area contributed by atoms with E-state index in [2.05, 4.69) is 15.4 Å². The van der Waals surface area contributed by atoms with Crippen LogP contribution in [-0.2, 0) is 10.2 Å². The second-order valence-corrected chi connectivity index (χ2v) is 6.90. The molecule has 1 amide bonds. The molecule has 0 bridgehead atoms. The summed E-state index contributed by atoms with van der Waals surface area (Å²) in [5.74, 6) is -0.823. The van der Waals surface area contributed by atoms with Gasteiger partial charge in [-0.15, -0.1) is 0 Å². The average molecular weight is 352 g/mol. The van der Waals surface area contributed by atoms with Gasteiger partial charge >= 0.3 is 5.97 Å². The van der Waals surface area contributed by atoms with E-state index in [1.54, 1.807) is 47.1 Å². The van der Waals surface area contributed by atoms with Gasteiger partial charge in [-0.3, -0.25) is 4.79 Å². The molecule has 7 heteroatoms. The average Bonchev–Trinajstić information content (AvgIpc) is 3.07. The summed E-state index contributed by atoms with van der Waals surface area (Å²) in [4.78, 5) is 28.7. The van der Waals surface area contributed by atoms with Crippen LogP contribution in [0.3, 0.4) is 0 Å². The van der Waals surface area contributed by atoms with Crippen molar-refractivity contribution >= 4 is 23.2 Å². The van der Waals surface area contributed by atoms with Gasteiger partial charge in [0.15, 0.2) is 5.65 Å². The predicted octanol–water partition coefficient (Wildman–Crippen LogP) is 3.07. The van der Waals surface area contributed by atoms with Crippen molar-refractivity contribution < 1.29 is 14.3 Å². The Morgan fingerprint density at radius 2 is 1.92 bits per heavy atom. The van der Waals surface area contributed by atoms with Crippen LogP contribution < -0.4 is 5.32 Å². The molecule has 0 saturated heterocycles. The quantitative estimate of drug-likeness (QED) is 0.732. The number of nitrogens with one attached hydrogen (secondary N) is 1. The number of esters is 1. The van der Waals surface area contributed by atoms with E-state index in [1.807, 2.05) is 20.8 Å². The lowest BCUT2D eigenvalue weighted by Gasteiger charge is -2.20. The van der Waals surface area contributed by atoms with Crippen molar-refractivity contribution in [3.8, 4) is 0 Å². The van der Waals surface area contributed by atoms with Crippen LogP contribution in [0.2, 0.25) is 0 Å². The Morgan fingerprint density at radius 1 is 1.15 bits per heavy atom. The predicted molar refractivity (Wildman–Crippen MR) is 97.4 cm³/mol. The van der Waals surface area contributed by atoms with E-state index in [9.17, 15) is 9.59 Å². The van der Waals surface area contributed by atoms with Gasteiger partial charge in [0, 0.05) is 17.2 Å². The number of hydrogen-bond acceptors (Lipinski definition) is 5. The Morgan fingerprint density at radius 3 is 2.62 bits per heavy atom. The zero-order valence-electron chi connectivity index (χ0n) is 15.1. The van der Waals surface area contributed by atoms with Crippen LogP contribution in [-0.4, -0.2) is 33.6 Å². The summed E-state index contributed by atoms with van der Waals surface area (Å²) in [6.45, 7) is 6.14. The van der Waals surface area contributed by atoms with E-state index in [0.29, 0.717) is 16.9 Å². The molecule has 3 aromatic rings. The van der Waals surface area contributed by atoms with Crippen LogP contribution in [0.25, 0.3) is 5.65 Å². The molecule has 7 nitrogen and oxygen atoms in total. The Hall–Kier alpha value is -3.22. The molecule has 26 heavy (non-hydrogen) atoms. The fourth-order valence-corrected chi connectivity index (χ4v) is 2.60. The lowest BCUT2D eigenvalue weighted by atomic mass is 9.91. The lowest BCUT2D eigenvalue weighted by Crippen LogP contribution is -2.21. The van der Waals surface area contributed by atoms with E-state index < -0.39 is 5.97 Å². The maximum atomic E-state index is 12.7. The number of aromatic nitrogens is 3. The van der Waals surface area contributed by atoms with E-state index in [4.69, 9.17) is 4.74 Å². The number of hydrogen-bond donors (Lipinski definition) is 1. The number of rotatable bonds is 3. The molecule has 0 unspecified atom stereocenters. The smallest absolute Gasteiger partial charge is 0.337 e. The van der Waals surface area contributed by atoms with E-state index in [1.165, 1.54) is 7.11 Å². The first-order valence-corrected chi connectivity index (χ1v) is 8.14. The molecule has 0 saturated carbocycles. The molecule has 0 atom stereocenters. The van der Waals surface area contributed by atoms with Crippen molar-refractivity contribution in [1.82, 2.24) is 14.6 Å². The molecule has 1 aromatic carbocycles. The Labute approximate surface area is 151 Å². The molecular formula is C19H20N4O3. The number of nitrogens with zero attached hydrogens (tertiary/aromatic N) is 3. The summed E-state index contributed by atoms with van der Waals surface area (Å²) in [6.07, 6.45) is 1.65. The highest BCUT2D eigenvalue weighted by Gasteiger charge is 2.22. The SMILES string of the molecule is COC(=O)c1cccc(NC(=O)c2cc(C(C)(C)C)n3nccc3n2)c1. The highest BCUT2D eigenvalue weighted by atomic mass is 16.5. The second-order valence-electron chi connectivity index (χ2n) is 6.90. The molecule has 0 aliphatic rings. The largest absolute Gasteiger partial charge is 0.465 e. The standard InChI is InChI=1S/C19H20N4O3/c1-19(2,3)15-11-14(22-16-8-9-20-23(15)16)17(24)21-13-7-5-6-12(10-13)18(25)26-4/h5-11H,1-4H3,(H,21,24). The minimum atomic E-state index is -0.463. The third-order valence-corrected chi connectivity index (χ3v) is 3.90. The summed E-state index contributed by atoms with van der Waals surface area (Å²) in [5, 5.41) is 7.06. The minimum Gasteiger partial charge on any atom is -0.465 e. The van der Waals surface area contributed by atoms with Crippen LogP contribution in [0.1, 0.15) is 47.3 Å². The molecule has 0 radical (unpaired) electrons. The zero-order chi connectivity index (χ0) is 18.9. The molecule has 2 aromatic heterocycles. The molecular weight excluding hydrogens is 332 g/mol. The van der Waals surface area contributed by atoms with Gasteiger partial charge in [-0.05, 0) is 24.3 Å². The highest BCUT2D eigenvalue weighted by molar-refractivity contribution is 6.04. The number of ether oxygens (including phenoxy) is 1. The summed E-state index contributed by atoms with van der Waals surface area (Å²) in [5.41, 5.74) is 2.40. The topological polar surface area (TPSA) is 85.6 Å². The maximum Gasteiger partial charge on any atom is 0.337 e.